The molecule has 0 aliphatic carbocycles. The number of rotatable bonds is 4. The molecule has 0 radical (unpaired) electrons. The first kappa shape index (κ1) is 17.4. The number of likely N-dealkylation sites (tertiary alicyclic amines) is 1. The van der Waals surface area contributed by atoms with Gasteiger partial charge in [-0.3, -0.25) is 9.59 Å². The van der Waals surface area contributed by atoms with Gasteiger partial charge in [0.25, 0.3) is 11.6 Å². The molecule has 0 saturated carbocycles. The Labute approximate surface area is 146 Å². The second kappa shape index (κ2) is 7.21. The highest BCUT2D eigenvalue weighted by Gasteiger charge is 2.28. The monoisotopic (exact) mass is 344 g/mol. The molecule has 2 aromatic rings. The number of pyridine rings is 1. The average molecular weight is 344 g/mol. The fourth-order valence-corrected chi connectivity index (χ4v) is 3.23. The van der Waals surface area contributed by atoms with Crippen LogP contribution in [0, 0.1) is 5.92 Å². The Morgan fingerprint density at radius 2 is 2.08 bits per heavy atom. The summed E-state index contributed by atoms with van der Waals surface area (Å²) in [5, 5.41) is 7.69. The van der Waals surface area contributed by atoms with E-state index in [4.69, 9.17) is 4.52 Å². The summed E-state index contributed by atoms with van der Waals surface area (Å²) in [6.45, 7) is 7.77. The summed E-state index contributed by atoms with van der Waals surface area (Å²) in [6, 6.07) is 1.81. The van der Waals surface area contributed by atoms with Crippen molar-refractivity contribution >= 4 is 22.9 Å². The van der Waals surface area contributed by atoms with Gasteiger partial charge < -0.3 is 14.7 Å². The second-order valence-corrected chi connectivity index (χ2v) is 6.76. The van der Waals surface area contributed by atoms with E-state index in [1.165, 1.54) is 6.20 Å². The van der Waals surface area contributed by atoms with Crippen molar-refractivity contribution in [3.63, 3.8) is 0 Å². The van der Waals surface area contributed by atoms with Crippen molar-refractivity contribution in [2.75, 3.05) is 19.6 Å². The molecular weight excluding hydrogens is 320 g/mol. The van der Waals surface area contributed by atoms with Crippen molar-refractivity contribution in [2.45, 2.75) is 39.5 Å². The third-order valence-corrected chi connectivity index (χ3v) is 4.66. The zero-order chi connectivity index (χ0) is 18.0. The second-order valence-electron chi connectivity index (χ2n) is 6.76. The lowest BCUT2D eigenvalue weighted by Gasteiger charge is -2.31. The molecule has 0 unspecified atom stereocenters. The normalized spacial score (nSPS) is 15.8. The highest BCUT2D eigenvalue weighted by Crippen LogP contribution is 2.25. The molecule has 2 amide bonds. The van der Waals surface area contributed by atoms with Crippen LogP contribution in [0.4, 0.5) is 0 Å². The molecule has 1 fully saturated rings. The number of piperidine rings is 1. The van der Waals surface area contributed by atoms with E-state index < -0.39 is 0 Å². The topological polar surface area (TPSA) is 88.3 Å². The Bertz CT molecular complexity index is 776. The Kier molecular flexibility index (Phi) is 5.01. The molecule has 3 heterocycles. The van der Waals surface area contributed by atoms with E-state index >= 15 is 0 Å². The van der Waals surface area contributed by atoms with Gasteiger partial charge in [-0.05, 0) is 31.7 Å². The largest absolute Gasteiger partial charge is 0.356 e. The first-order chi connectivity index (χ1) is 12.0. The molecular formula is C18H24N4O3. The van der Waals surface area contributed by atoms with Crippen LogP contribution in [-0.4, -0.2) is 46.5 Å². The minimum absolute atomic E-state index is 0.00442. The van der Waals surface area contributed by atoms with Gasteiger partial charge in [0, 0.05) is 31.7 Å². The first-order valence-electron chi connectivity index (χ1n) is 8.83. The van der Waals surface area contributed by atoms with Crippen molar-refractivity contribution in [3.8, 4) is 0 Å². The molecule has 0 bridgehead atoms. The van der Waals surface area contributed by atoms with Gasteiger partial charge in [0.15, 0.2) is 0 Å². The Morgan fingerprint density at radius 3 is 2.72 bits per heavy atom. The van der Waals surface area contributed by atoms with E-state index in [0.29, 0.717) is 43.8 Å². The number of fused-ring (bicyclic) bond motifs is 1. The van der Waals surface area contributed by atoms with Gasteiger partial charge in [-0.15, -0.1) is 0 Å². The molecule has 0 spiro atoms. The molecule has 1 N–H and O–H groups in total. The van der Waals surface area contributed by atoms with Crippen LogP contribution in [0.2, 0.25) is 0 Å². The standard InChI is InChI=1S/C18H24N4O3/c1-4-19-16(23)12-5-7-22(8-6-12)18(24)13-9-14-15(11(2)3)21-25-17(14)20-10-13/h9-12H,4-8H2,1-3H3,(H,19,23). The van der Waals surface area contributed by atoms with Crippen LogP contribution in [0.15, 0.2) is 16.8 Å². The fourth-order valence-electron chi connectivity index (χ4n) is 3.23. The summed E-state index contributed by atoms with van der Waals surface area (Å²) >= 11 is 0. The van der Waals surface area contributed by atoms with Crippen LogP contribution in [0.1, 0.15) is 55.6 Å². The smallest absolute Gasteiger partial charge is 0.257 e. The van der Waals surface area contributed by atoms with E-state index in [-0.39, 0.29) is 23.7 Å². The van der Waals surface area contributed by atoms with Crippen LogP contribution in [0.5, 0.6) is 0 Å². The van der Waals surface area contributed by atoms with Crippen molar-refractivity contribution in [1.82, 2.24) is 20.4 Å². The highest BCUT2D eigenvalue weighted by atomic mass is 16.5. The quantitative estimate of drug-likeness (QED) is 0.919. The molecule has 7 heteroatoms. The van der Waals surface area contributed by atoms with Gasteiger partial charge in [-0.2, -0.15) is 0 Å². The fraction of sp³-hybridized carbons (Fsp3) is 0.556. The molecule has 1 aliphatic rings. The van der Waals surface area contributed by atoms with Gasteiger partial charge >= 0.3 is 0 Å². The Balaban J connectivity index is 1.72. The molecule has 1 saturated heterocycles. The molecule has 1 aliphatic heterocycles. The molecule has 7 nitrogen and oxygen atoms in total. The van der Waals surface area contributed by atoms with Crippen molar-refractivity contribution < 1.29 is 14.1 Å². The number of hydrogen-bond donors (Lipinski definition) is 1. The van der Waals surface area contributed by atoms with Gasteiger partial charge in [0.05, 0.1) is 16.6 Å². The van der Waals surface area contributed by atoms with Crippen LogP contribution in [-0.2, 0) is 4.79 Å². The van der Waals surface area contributed by atoms with Crippen LogP contribution < -0.4 is 5.32 Å². The lowest BCUT2D eigenvalue weighted by Crippen LogP contribution is -2.43. The highest BCUT2D eigenvalue weighted by molar-refractivity contribution is 5.97. The van der Waals surface area contributed by atoms with Gasteiger partial charge in [-0.1, -0.05) is 19.0 Å². The minimum atomic E-state index is -0.0559. The van der Waals surface area contributed by atoms with E-state index in [1.807, 2.05) is 26.8 Å². The van der Waals surface area contributed by atoms with Crippen LogP contribution in [0.3, 0.4) is 0 Å². The predicted molar refractivity (Wildman–Crippen MR) is 93.2 cm³/mol. The number of carbonyl (C=O) groups is 2. The van der Waals surface area contributed by atoms with E-state index in [1.54, 1.807) is 4.90 Å². The van der Waals surface area contributed by atoms with Crippen molar-refractivity contribution in [1.29, 1.82) is 0 Å². The van der Waals surface area contributed by atoms with Crippen LogP contribution >= 0.6 is 0 Å². The molecule has 0 atom stereocenters. The summed E-state index contributed by atoms with van der Waals surface area (Å²) in [6.07, 6.45) is 2.92. The maximum Gasteiger partial charge on any atom is 0.257 e. The summed E-state index contributed by atoms with van der Waals surface area (Å²) in [5.41, 5.74) is 1.80. The number of nitrogens with zero attached hydrogens (tertiary/aromatic N) is 3. The SMILES string of the molecule is CCNC(=O)C1CCN(C(=O)c2cnc3onc(C(C)C)c3c2)CC1. The van der Waals surface area contributed by atoms with E-state index in [0.717, 1.165) is 11.1 Å². The third kappa shape index (κ3) is 3.50. The number of carbonyl (C=O) groups excluding carboxylic acids is 2. The Morgan fingerprint density at radius 1 is 1.36 bits per heavy atom. The summed E-state index contributed by atoms with van der Waals surface area (Å²) in [7, 11) is 0. The number of amides is 2. The molecule has 134 valence electrons. The molecule has 3 rings (SSSR count). The summed E-state index contributed by atoms with van der Waals surface area (Å²) in [4.78, 5) is 30.7. The third-order valence-electron chi connectivity index (χ3n) is 4.66. The van der Waals surface area contributed by atoms with Gasteiger partial charge in [0.2, 0.25) is 5.91 Å². The van der Waals surface area contributed by atoms with Gasteiger partial charge in [0.1, 0.15) is 0 Å². The molecule has 25 heavy (non-hydrogen) atoms. The van der Waals surface area contributed by atoms with Gasteiger partial charge in [-0.25, -0.2) is 4.98 Å². The molecule has 2 aromatic heterocycles. The number of aromatic nitrogens is 2. The van der Waals surface area contributed by atoms with Crippen LogP contribution in [0.25, 0.3) is 11.1 Å². The summed E-state index contributed by atoms with van der Waals surface area (Å²) < 4.78 is 5.22. The van der Waals surface area contributed by atoms with E-state index in [9.17, 15) is 9.59 Å². The number of nitrogens with one attached hydrogen (secondary N) is 1. The maximum atomic E-state index is 12.8. The zero-order valence-corrected chi connectivity index (χ0v) is 14.9. The van der Waals surface area contributed by atoms with Crippen molar-refractivity contribution in [2.24, 2.45) is 5.92 Å². The lowest BCUT2D eigenvalue weighted by molar-refractivity contribution is -0.126. The first-order valence-corrected chi connectivity index (χ1v) is 8.83. The average Bonchev–Trinajstić information content (AvgIpc) is 3.05. The predicted octanol–water partition coefficient (Wildman–Crippen LogP) is 2.33. The minimum Gasteiger partial charge on any atom is -0.356 e. The summed E-state index contributed by atoms with van der Waals surface area (Å²) in [5.74, 6) is 0.222. The lowest BCUT2D eigenvalue weighted by atomic mass is 9.95. The van der Waals surface area contributed by atoms with Crippen molar-refractivity contribution in [3.05, 3.63) is 23.5 Å². The zero-order valence-electron chi connectivity index (χ0n) is 14.9. The Hall–Kier alpha value is -2.44. The number of hydrogen-bond acceptors (Lipinski definition) is 5. The van der Waals surface area contributed by atoms with E-state index in [2.05, 4.69) is 15.5 Å². The maximum absolute atomic E-state index is 12.8. The molecule has 0 aromatic carbocycles.